The van der Waals surface area contributed by atoms with Crippen LogP contribution < -0.4 is 4.90 Å². The van der Waals surface area contributed by atoms with Crippen molar-refractivity contribution in [2.75, 3.05) is 44.2 Å². The van der Waals surface area contributed by atoms with Crippen LogP contribution in [-0.4, -0.2) is 84.1 Å². The number of anilines is 1. The van der Waals surface area contributed by atoms with Gasteiger partial charge in [-0.05, 0) is 12.8 Å². The van der Waals surface area contributed by atoms with E-state index in [4.69, 9.17) is 14.4 Å². The number of piperazine rings is 1. The van der Waals surface area contributed by atoms with Crippen molar-refractivity contribution in [3.05, 3.63) is 35.9 Å². The molecule has 3 heterocycles. The van der Waals surface area contributed by atoms with Crippen LogP contribution in [-0.2, 0) is 15.0 Å². The average Bonchev–Trinajstić information content (AvgIpc) is 3.46. The number of carbonyl (C=O) groups is 2. The van der Waals surface area contributed by atoms with Gasteiger partial charge in [0.2, 0.25) is 0 Å². The highest BCUT2D eigenvalue weighted by atomic mass is 32.2. The van der Waals surface area contributed by atoms with Crippen molar-refractivity contribution in [1.29, 1.82) is 0 Å². The summed E-state index contributed by atoms with van der Waals surface area (Å²) in [7, 11) is -3.45. The van der Waals surface area contributed by atoms with Gasteiger partial charge in [0.15, 0.2) is 17.1 Å². The van der Waals surface area contributed by atoms with Crippen molar-refractivity contribution in [3.63, 3.8) is 0 Å². The third-order valence-corrected chi connectivity index (χ3v) is 7.22. The molecule has 2 fully saturated rings. The molecule has 0 atom stereocenters. The molecule has 11 nitrogen and oxygen atoms in total. The number of carboxylic acids is 1. The second-order valence-electron chi connectivity index (χ2n) is 6.99. The average molecular weight is 452 g/mol. The number of hydrogen-bond donors (Lipinski definition) is 2. The molecule has 0 aliphatic carbocycles. The maximum atomic E-state index is 12.7. The van der Waals surface area contributed by atoms with Gasteiger partial charge in [-0.25, -0.2) is 4.79 Å². The van der Waals surface area contributed by atoms with E-state index in [0.29, 0.717) is 31.7 Å². The molecule has 0 spiro atoms. The molecule has 168 valence electrons. The topological polar surface area (TPSA) is 144 Å². The third-order valence-electron chi connectivity index (χ3n) is 5.18. The lowest BCUT2D eigenvalue weighted by Gasteiger charge is -2.35. The van der Waals surface area contributed by atoms with Crippen LogP contribution in [0.1, 0.15) is 23.2 Å². The lowest BCUT2D eigenvalue weighted by atomic mass is 10.1. The van der Waals surface area contributed by atoms with Crippen LogP contribution in [0.2, 0.25) is 0 Å². The Hall–Kier alpha value is -2.96. The number of benzene rings is 1. The van der Waals surface area contributed by atoms with Gasteiger partial charge in [-0.15, -0.1) is 0 Å². The minimum absolute atomic E-state index is 0.00190. The maximum absolute atomic E-state index is 12.7. The van der Waals surface area contributed by atoms with Crippen LogP contribution in [0.3, 0.4) is 0 Å². The van der Waals surface area contributed by atoms with E-state index in [1.807, 2.05) is 6.07 Å². The van der Waals surface area contributed by atoms with Crippen molar-refractivity contribution in [2.45, 2.75) is 12.8 Å². The minimum Gasteiger partial charge on any atom is -0.483 e. The Morgan fingerprint density at radius 3 is 2.10 bits per heavy atom. The second kappa shape index (κ2) is 9.90. The van der Waals surface area contributed by atoms with Gasteiger partial charge in [0.05, 0.1) is 0 Å². The molecule has 12 heteroatoms. The number of carboxylic acid groups (broad SMARTS) is 2. The van der Waals surface area contributed by atoms with Crippen molar-refractivity contribution in [2.24, 2.45) is 0 Å². The largest absolute Gasteiger partial charge is 0.483 e. The van der Waals surface area contributed by atoms with Gasteiger partial charge in [0.1, 0.15) is 0 Å². The summed E-state index contributed by atoms with van der Waals surface area (Å²) in [6.07, 6.45) is 1.78. The normalized spacial score (nSPS) is 17.7. The number of aromatic nitrogens is 1. The van der Waals surface area contributed by atoms with Crippen LogP contribution in [0.5, 0.6) is 0 Å². The Bertz CT molecular complexity index is 996. The summed E-state index contributed by atoms with van der Waals surface area (Å²) in [5, 5.41) is 20.6. The molecule has 1 aromatic heterocycles. The quantitative estimate of drug-likeness (QED) is 0.639. The summed E-state index contributed by atoms with van der Waals surface area (Å²) in [5.41, 5.74) is 0.635. The van der Waals surface area contributed by atoms with Crippen LogP contribution in [0.25, 0.3) is 11.3 Å². The summed E-state index contributed by atoms with van der Waals surface area (Å²) < 4.78 is 33.7. The van der Waals surface area contributed by atoms with Gasteiger partial charge in [0.25, 0.3) is 16.7 Å². The lowest BCUT2D eigenvalue weighted by Crippen LogP contribution is -2.52. The molecule has 1 aromatic carbocycles. The molecule has 0 radical (unpaired) electrons. The predicted octanol–water partition coefficient (Wildman–Crippen LogP) is 1.20. The van der Waals surface area contributed by atoms with Gasteiger partial charge in [-0.2, -0.15) is 17.0 Å². The molecular weight excluding hydrogens is 428 g/mol. The second-order valence-corrected chi connectivity index (χ2v) is 8.92. The Morgan fingerprint density at radius 2 is 1.55 bits per heavy atom. The first kappa shape index (κ1) is 22.7. The molecular formula is C19H24N4O7S. The molecule has 2 saturated heterocycles. The fourth-order valence-electron chi connectivity index (χ4n) is 3.69. The van der Waals surface area contributed by atoms with E-state index in [9.17, 15) is 18.3 Å². The zero-order chi connectivity index (χ0) is 22.4. The molecule has 2 aliphatic heterocycles. The highest BCUT2D eigenvalue weighted by Gasteiger charge is 2.36. The zero-order valence-electron chi connectivity index (χ0n) is 16.8. The molecule has 4 rings (SSSR count). The SMILES string of the molecule is O=C(O)c1c(N2CCN(S(=O)(=O)N3CCCC3)CC2)noc1-c1ccccc1.O=CO. The van der Waals surface area contributed by atoms with Gasteiger partial charge >= 0.3 is 5.97 Å². The van der Waals surface area contributed by atoms with Crippen molar-refractivity contribution < 1.29 is 32.7 Å². The van der Waals surface area contributed by atoms with E-state index >= 15 is 0 Å². The minimum atomic E-state index is -3.45. The first-order valence-electron chi connectivity index (χ1n) is 9.76. The summed E-state index contributed by atoms with van der Waals surface area (Å²) in [6.45, 7) is 2.16. The molecule has 0 amide bonds. The van der Waals surface area contributed by atoms with Gasteiger partial charge < -0.3 is 19.6 Å². The smallest absolute Gasteiger partial charge is 0.343 e. The van der Waals surface area contributed by atoms with Crippen LogP contribution in [0.4, 0.5) is 5.82 Å². The van der Waals surface area contributed by atoms with Gasteiger partial charge in [-0.1, -0.05) is 35.5 Å². The van der Waals surface area contributed by atoms with E-state index in [-0.39, 0.29) is 36.7 Å². The molecule has 2 aromatic rings. The summed E-state index contributed by atoms with van der Waals surface area (Å²) >= 11 is 0. The molecule has 0 saturated carbocycles. The number of rotatable bonds is 5. The molecule has 2 aliphatic rings. The van der Waals surface area contributed by atoms with Crippen LogP contribution in [0.15, 0.2) is 34.9 Å². The third kappa shape index (κ3) is 4.86. The van der Waals surface area contributed by atoms with Crippen molar-refractivity contribution in [1.82, 2.24) is 13.8 Å². The molecule has 0 bridgehead atoms. The highest BCUT2D eigenvalue weighted by Crippen LogP contribution is 2.32. The van der Waals surface area contributed by atoms with E-state index in [2.05, 4.69) is 5.16 Å². The van der Waals surface area contributed by atoms with Gasteiger partial charge in [-0.3, -0.25) is 4.79 Å². The fraction of sp³-hybridized carbons (Fsp3) is 0.421. The van der Waals surface area contributed by atoms with Crippen LogP contribution >= 0.6 is 0 Å². The number of aromatic carboxylic acids is 1. The Morgan fingerprint density at radius 1 is 1.00 bits per heavy atom. The summed E-state index contributed by atoms with van der Waals surface area (Å²) in [6, 6.07) is 8.95. The monoisotopic (exact) mass is 452 g/mol. The van der Waals surface area contributed by atoms with E-state index in [1.54, 1.807) is 29.2 Å². The first-order chi connectivity index (χ1) is 14.9. The van der Waals surface area contributed by atoms with E-state index < -0.39 is 16.2 Å². The molecule has 2 N–H and O–H groups in total. The van der Waals surface area contributed by atoms with E-state index in [0.717, 1.165) is 12.8 Å². The van der Waals surface area contributed by atoms with Gasteiger partial charge in [0, 0.05) is 44.8 Å². The van der Waals surface area contributed by atoms with Crippen molar-refractivity contribution in [3.8, 4) is 11.3 Å². The molecule has 0 unspecified atom stereocenters. The standard InChI is InChI=1S/C18H22N4O5S.CH2O2/c23-18(24)15-16(14-6-2-1-3-7-14)27-19-17(15)20-10-12-22(13-11-20)28(25,26)21-8-4-5-9-21;2-1-3/h1-3,6-7H,4-5,8-13H2,(H,23,24);1H,(H,2,3). The number of hydrogen-bond acceptors (Lipinski definition) is 7. The fourth-order valence-corrected chi connectivity index (χ4v) is 5.36. The lowest BCUT2D eigenvalue weighted by molar-refractivity contribution is -0.122. The molecule has 31 heavy (non-hydrogen) atoms. The summed E-state index contributed by atoms with van der Waals surface area (Å²) in [5.74, 6) is -0.679. The highest BCUT2D eigenvalue weighted by molar-refractivity contribution is 7.86. The Labute approximate surface area is 179 Å². The predicted molar refractivity (Wildman–Crippen MR) is 111 cm³/mol. The maximum Gasteiger partial charge on any atom is 0.343 e. The zero-order valence-corrected chi connectivity index (χ0v) is 17.6. The van der Waals surface area contributed by atoms with Crippen molar-refractivity contribution >= 4 is 28.5 Å². The van der Waals surface area contributed by atoms with E-state index in [1.165, 1.54) is 8.61 Å². The Balaban J connectivity index is 0.000000858. The Kier molecular flexibility index (Phi) is 7.25. The van der Waals surface area contributed by atoms with Crippen LogP contribution in [0, 0.1) is 0 Å². The number of nitrogens with zero attached hydrogens (tertiary/aromatic N) is 4. The summed E-state index contributed by atoms with van der Waals surface area (Å²) in [4.78, 5) is 22.0. The first-order valence-corrected chi connectivity index (χ1v) is 11.2.